The van der Waals surface area contributed by atoms with E-state index in [4.69, 9.17) is 0 Å². The van der Waals surface area contributed by atoms with Crippen molar-refractivity contribution in [2.24, 2.45) is 0 Å². The molecule has 0 fully saturated rings. The van der Waals surface area contributed by atoms with E-state index < -0.39 is 10.8 Å². The topological polar surface area (TPSA) is 17.1 Å². The minimum Gasteiger partial charge on any atom is -0.240 e. The second-order valence-corrected chi connectivity index (χ2v) is 4.39. The molecule has 0 bridgehead atoms. The molecular formula is C14H10OS. The van der Waals surface area contributed by atoms with E-state index in [1.807, 2.05) is 60.7 Å². The summed E-state index contributed by atoms with van der Waals surface area (Å²) in [5, 5.41) is 2.74. The van der Waals surface area contributed by atoms with Crippen LogP contribution in [0.25, 0.3) is 0 Å². The minimum absolute atomic E-state index is 0.742. The SMILES string of the molecule is O=S(C#Cc1ccccc1)c1ccccc1. The molecule has 2 aromatic rings. The summed E-state index contributed by atoms with van der Waals surface area (Å²) in [6.07, 6.45) is 0. The highest BCUT2D eigenvalue weighted by Crippen LogP contribution is 2.04. The molecule has 0 aliphatic rings. The Hall–Kier alpha value is -1.85. The van der Waals surface area contributed by atoms with Crippen LogP contribution in [-0.4, -0.2) is 4.21 Å². The van der Waals surface area contributed by atoms with E-state index in [0.717, 1.165) is 10.5 Å². The first-order valence-corrected chi connectivity index (χ1v) is 6.05. The number of hydrogen-bond donors (Lipinski definition) is 0. The summed E-state index contributed by atoms with van der Waals surface area (Å²) in [5.41, 5.74) is 0.881. The molecule has 0 amide bonds. The zero-order chi connectivity index (χ0) is 11.2. The maximum Gasteiger partial charge on any atom is 0.130 e. The molecule has 0 saturated carbocycles. The molecule has 2 heteroatoms. The third kappa shape index (κ3) is 2.82. The van der Waals surface area contributed by atoms with Gasteiger partial charge in [-0.3, -0.25) is 0 Å². The molecular weight excluding hydrogens is 216 g/mol. The monoisotopic (exact) mass is 226 g/mol. The second kappa shape index (κ2) is 5.29. The summed E-state index contributed by atoms with van der Waals surface area (Å²) in [6.45, 7) is 0. The Kier molecular flexibility index (Phi) is 3.53. The second-order valence-electron chi connectivity index (χ2n) is 3.17. The van der Waals surface area contributed by atoms with Gasteiger partial charge in [-0.2, -0.15) is 0 Å². The Bertz CT molecular complexity index is 535. The predicted octanol–water partition coefficient (Wildman–Crippen LogP) is 2.80. The van der Waals surface area contributed by atoms with Gasteiger partial charge in [-0.15, -0.1) is 0 Å². The summed E-state index contributed by atoms with van der Waals surface area (Å²) < 4.78 is 11.8. The van der Waals surface area contributed by atoms with Crippen molar-refractivity contribution in [2.45, 2.75) is 4.90 Å². The summed E-state index contributed by atoms with van der Waals surface area (Å²) in [4.78, 5) is 0.742. The smallest absolute Gasteiger partial charge is 0.130 e. The fourth-order valence-corrected chi connectivity index (χ4v) is 1.96. The number of benzene rings is 2. The Morgan fingerprint density at radius 1 is 0.812 bits per heavy atom. The van der Waals surface area contributed by atoms with Crippen molar-refractivity contribution in [3.8, 4) is 11.2 Å². The lowest BCUT2D eigenvalue weighted by Gasteiger charge is -1.92. The number of rotatable bonds is 1. The Labute approximate surface area is 97.6 Å². The van der Waals surface area contributed by atoms with Crippen molar-refractivity contribution in [1.82, 2.24) is 0 Å². The van der Waals surface area contributed by atoms with Crippen molar-refractivity contribution in [3.63, 3.8) is 0 Å². The predicted molar refractivity (Wildman–Crippen MR) is 66.2 cm³/mol. The molecule has 1 atom stereocenters. The molecule has 78 valence electrons. The van der Waals surface area contributed by atoms with E-state index in [1.54, 1.807) is 0 Å². The van der Waals surface area contributed by atoms with Crippen molar-refractivity contribution in [3.05, 3.63) is 66.2 Å². The molecule has 2 rings (SSSR count). The highest BCUT2D eigenvalue weighted by molar-refractivity contribution is 7.89. The zero-order valence-corrected chi connectivity index (χ0v) is 9.41. The van der Waals surface area contributed by atoms with Crippen LogP contribution in [0.5, 0.6) is 0 Å². The van der Waals surface area contributed by atoms with Gasteiger partial charge in [0.15, 0.2) is 0 Å². The largest absolute Gasteiger partial charge is 0.240 e. The maximum atomic E-state index is 11.8. The van der Waals surface area contributed by atoms with Gasteiger partial charge < -0.3 is 0 Å². The minimum atomic E-state index is -1.25. The van der Waals surface area contributed by atoms with Gasteiger partial charge in [0, 0.05) is 10.8 Å². The first-order chi connectivity index (χ1) is 7.86. The standard InChI is InChI=1S/C14H10OS/c15-16(14-9-5-2-6-10-14)12-11-13-7-3-1-4-8-13/h1-10H. The average Bonchev–Trinajstić information content (AvgIpc) is 2.38. The van der Waals surface area contributed by atoms with Crippen molar-refractivity contribution >= 4 is 10.8 Å². The van der Waals surface area contributed by atoms with Gasteiger partial charge in [-0.1, -0.05) is 42.3 Å². The van der Waals surface area contributed by atoms with Gasteiger partial charge >= 0.3 is 0 Å². The first-order valence-electron chi connectivity index (χ1n) is 4.90. The maximum absolute atomic E-state index is 11.8. The summed E-state index contributed by atoms with van der Waals surface area (Å²) in [5.74, 6) is 2.89. The first kappa shape index (κ1) is 10.7. The highest BCUT2D eigenvalue weighted by atomic mass is 32.2. The van der Waals surface area contributed by atoms with Gasteiger partial charge in [0.2, 0.25) is 0 Å². The fourth-order valence-electron chi connectivity index (χ4n) is 1.23. The molecule has 0 aliphatic heterocycles. The van der Waals surface area contributed by atoms with Gasteiger partial charge in [-0.25, -0.2) is 4.21 Å². The van der Waals surface area contributed by atoms with Gasteiger partial charge in [0.05, 0.1) is 4.90 Å². The van der Waals surface area contributed by atoms with E-state index in [9.17, 15) is 4.21 Å². The van der Waals surface area contributed by atoms with E-state index in [2.05, 4.69) is 11.2 Å². The molecule has 0 N–H and O–H groups in total. The molecule has 0 aliphatic carbocycles. The molecule has 0 spiro atoms. The summed E-state index contributed by atoms with van der Waals surface area (Å²) in [7, 11) is -1.25. The average molecular weight is 226 g/mol. The Morgan fingerprint density at radius 2 is 1.38 bits per heavy atom. The van der Waals surface area contributed by atoms with Gasteiger partial charge in [0.25, 0.3) is 0 Å². The van der Waals surface area contributed by atoms with Crippen LogP contribution in [0.1, 0.15) is 5.56 Å². The van der Waals surface area contributed by atoms with Crippen LogP contribution in [0.2, 0.25) is 0 Å². The molecule has 2 aromatic carbocycles. The molecule has 1 unspecified atom stereocenters. The van der Waals surface area contributed by atoms with Crippen molar-refractivity contribution < 1.29 is 4.21 Å². The van der Waals surface area contributed by atoms with E-state index in [0.29, 0.717) is 0 Å². The third-order valence-corrected chi connectivity index (χ3v) is 3.01. The summed E-state index contributed by atoms with van der Waals surface area (Å²) in [6, 6.07) is 18.8. The molecule has 0 heterocycles. The van der Waals surface area contributed by atoms with Crippen LogP contribution in [-0.2, 0) is 10.8 Å². The van der Waals surface area contributed by atoms with Crippen molar-refractivity contribution in [1.29, 1.82) is 0 Å². The molecule has 1 nitrogen and oxygen atoms in total. The number of hydrogen-bond acceptors (Lipinski definition) is 1. The van der Waals surface area contributed by atoms with Gasteiger partial charge in [0.1, 0.15) is 10.8 Å². The Balaban J connectivity index is 2.18. The Morgan fingerprint density at radius 3 is 2.00 bits per heavy atom. The van der Waals surface area contributed by atoms with E-state index in [-0.39, 0.29) is 0 Å². The van der Waals surface area contributed by atoms with Crippen LogP contribution in [0.4, 0.5) is 0 Å². The summed E-state index contributed by atoms with van der Waals surface area (Å²) >= 11 is 0. The molecule has 16 heavy (non-hydrogen) atoms. The zero-order valence-electron chi connectivity index (χ0n) is 8.59. The lowest BCUT2D eigenvalue weighted by molar-refractivity contribution is 0.689. The van der Waals surface area contributed by atoms with E-state index in [1.165, 1.54) is 0 Å². The molecule has 0 saturated heterocycles. The van der Waals surface area contributed by atoms with Crippen LogP contribution in [0, 0.1) is 11.2 Å². The molecule has 0 radical (unpaired) electrons. The highest BCUT2D eigenvalue weighted by Gasteiger charge is 1.96. The van der Waals surface area contributed by atoms with Gasteiger partial charge in [-0.05, 0) is 24.3 Å². The van der Waals surface area contributed by atoms with Crippen LogP contribution < -0.4 is 0 Å². The van der Waals surface area contributed by atoms with Crippen LogP contribution in [0.3, 0.4) is 0 Å². The third-order valence-electron chi connectivity index (χ3n) is 2.02. The van der Waals surface area contributed by atoms with Crippen LogP contribution >= 0.6 is 0 Å². The fraction of sp³-hybridized carbons (Fsp3) is 0. The van der Waals surface area contributed by atoms with Crippen molar-refractivity contribution in [2.75, 3.05) is 0 Å². The lowest BCUT2D eigenvalue weighted by atomic mass is 10.2. The normalized spacial score (nSPS) is 11.2. The van der Waals surface area contributed by atoms with Crippen LogP contribution in [0.15, 0.2) is 65.6 Å². The lowest BCUT2D eigenvalue weighted by Crippen LogP contribution is -1.85. The molecule has 0 aromatic heterocycles. The quantitative estimate of drug-likeness (QED) is 0.683. The van der Waals surface area contributed by atoms with E-state index >= 15 is 0 Å².